The number of hydrogen-bond acceptors (Lipinski definition) is 2. The van der Waals surface area contributed by atoms with Gasteiger partial charge in [0.15, 0.2) is 10.3 Å². The molecule has 1 aromatic carbocycles. The summed E-state index contributed by atoms with van der Waals surface area (Å²) in [6.07, 6.45) is 3.85. The zero-order chi connectivity index (χ0) is 14.5. The van der Waals surface area contributed by atoms with Crippen molar-refractivity contribution in [2.24, 2.45) is 0 Å². The molecule has 1 aliphatic rings. The number of allylic oxidation sites excluding steroid dienone is 1. The lowest BCUT2D eigenvalue weighted by Crippen LogP contribution is -2.31. The van der Waals surface area contributed by atoms with Crippen molar-refractivity contribution in [2.45, 2.75) is 26.3 Å². The zero-order valence-corrected chi connectivity index (χ0v) is 13.0. The second-order valence-electron chi connectivity index (χ2n) is 5.60. The lowest BCUT2D eigenvalue weighted by Gasteiger charge is -2.31. The largest absolute Gasteiger partial charge is 0.376 e. The average molecular weight is 308 g/mol. The highest BCUT2D eigenvalue weighted by atomic mass is 35.5. The van der Waals surface area contributed by atoms with Crippen molar-refractivity contribution in [1.82, 2.24) is 9.55 Å². The van der Waals surface area contributed by atoms with Gasteiger partial charge in [0.25, 0.3) is 0 Å². The van der Waals surface area contributed by atoms with Crippen LogP contribution in [0.3, 0.4) is 0 Å². The molecule has 0 bridgehead atoms. The van der Waals surface area contributed by atoms with Crippen LogP contribution in [0.15, 0.2) is 30.6 Å². The topological polar surface area (TPSA) is 29.9 Å². The third kappa shape index (κ3) is 2.21. The van der Waals surface area contributed by atoms with E-state index in [0.717, 1.165) is 11.4 Å². The van der Waals surface area contributed by atoms with Crippen molar-refractivity contribution in [2.75, 3.05) is 5.32 Å². The smallest absolute Gasteiger partial charge is 0.166 e. The third-order valence-corrected chi connectivity index (χ3v) is 4.14. The molecular formula is C15H15Cl2N3. The van der Waals surface area contributed by atoms with Crippen LogP contribution in [0.25, 0.3) is 11.3 Å². The number of anilines is 1. The molecule has 20 heavy (non-hydrogen) atoms. The molecule has 0 amide bonds. The van der Waals surface area contributed by atoms with Gasteiger partial charge >= 0.3 is 0 Å². The van der Waals surface area contributed by atoms with Crippen LogP contribution in [0.5, 0.6) is 0 Å². The quantitative estimate of drug-likeness (QED) is 0.821. The van der Waals surface area contributed by atoms with Gasteiger partial charge in [0.1, 0.15) is 6.33 Å². The van der Waals surface area contributed by atoms with Crippen molar-refractivity contribution < 1.29 is 0 Å². The van der Waals surface area contributed by atoms with E-state index < -0.39 is 0 Å². The Kier molecular flexibility index (Phi) is 3.07. The van der Waals surface area contributed by atoms with E-state index >= 15 is 0 Å². The number of rotatable bonds is 1. The summed E-state index contributed by atoms with van der Waals surface area (Å²) in [6.45, 7) is 6.42. The SMILES string of the molecule is CC1=CC(C)(C)Nc2ccc(-n3cnc(Cl)c3Cl)cc21. The Morgan fingerprint density at radius 3 is 2.65 bits per heavy atom. The van der Waals surface area contributed by atoms with Gasteiger partial charge in [0.2, 0.25) is 0 Å². The van der Waals surface area contributed by atoms with E-state index in [4.69, 9.17) is 23.2 Å². The summed E-state index contributed by atoms with van der Waals surface area (Å²) in [4.78, 5) is 4.01. The van der Waals surface area contributed by atoms with Gasteiger partial charge in [-0.05, 0) is 44.5 Å². The van der Waals surface area contributed by atoms with Gasteiger partial charge in [-0.1, -0.05) is 29.3 Å². The molecule has 1 aromatic heterocycles. The summed E-state index contributed by atoms with van der Waals surface area (Å²) in [5, 5.41) is 4.25. The second-order valence-corrected chi connectivity index (χ2v) is 6.32. The summed E-state index contributed by atoms with van der Waals surface area (Å²) in [7, 11) is 0. The molecule has 3 rings (SSSR count). The molecule has 0 unspecified atom stereocenters. The fourth-order valence-corrected chi connectivity index (χ4v) is 2.94. The minimum Gasteiger partial charge on any atom is -0.376 e. The normalized spacial score (nSPS) is 16.4. The van der Waals surface area contributed by atoms with E-state index in [-0.39, 0.29) is 5.54 Å². The van der Waals surface area contributed by atoms with Crippen LogP contribution in [-0.2, 0) is 0 Å². The maximum Gasteiger partial charge on any atom is 0.166 e. The number of halogens is 2. The predicted octanol–water partition coefficient (Wildman–Crippen LogP) is 4.79. The molecule has 0 saturated carbocycles. The molecule has 0 saturated heterocycles. The lowest BCUT2D eigenvalue weighted by molar-refractivity contribution is 0.707. The molecule has 0 fully saturated rings. The Morgan fingerprint density at radius 2 is 2.00 bits per heavy atom. The standard InChI is InChI=1S/C15H15Cl2N3/c1-9-7-15(2,3)19-12-5-4-10(6-11(9)12)20-8-18-13(16)14(20)17/h4-8,19H,1-3H3. The monoisotopic (exact) mass is 307 g/mol. The first-order chi connectivity index (χ1) is 9.37. The molecule has 3 nitrogen and oxygen atoms in total. The van der Waals surface area contributed by atoms with Crippen LogP contribution in [0.4, 0.5) is 5.69 Å². The van der Waals surface area contributed by atoms with Crippen molar-refractivity contribution >= 4 is 34.5 Å². The molecule has 0 aliphatic carbocycles. The second kappa shape index (κ2) is 4.54. The summed E-state index contributed by atoms with van der Waals surface area (Å²) in [5.41, 5.74) is 4.45. The fraction of sp³-hybridized carbons (Fsp3) is 0.267. The maximum absolute atomic E-state index is 6.15. The molecular weight excluding hydrogens is 293 g/mol. The van der Waals surface area contributed by atoms with Gasteiger partial charge in [-0.3, -0.25) is 4.57 Å². The highest BCUT2D eigenvalue weighted by molar-refractivity contribution is 6.40. The van der Waals surface area contributed by atoms with Crippen LogP contribution in [0.2, 0.25) is 10.3 Å². The highest BCUT2D eigenvalue weighted by Gasteiger charge is 2.22. The minimum atomic E-state index is -0.0332. The Labute approximate surface area is 128 Å². The van der Waals surface area contributed by atoms with E-state index in [9.17, 15) is 0 Å². The van der Waals surface area contributed by atoms with Crippen molar-refractivity contribution in [3.63, 3.8) is 0 Å². The van der Waals surface area contributed by atoms with Crippen LogP contribution >= 0.6 is 23.2 Å². The van der Waals surface area contributed by atoms with Crippen LogP contribution in [0, 0.1) is 0 Å². The third-order valence-electron chi connectivity index (χ3n) is 3.41. The lowest BCUT2D eigenvalue weighted by atomic mass is 9.91. The molecule has 0 atom stereocenters. The fourth-order valence-electron chi connectivity index (χ4n) is 2.61. The van der Waals surface area contributed by atoms with Crippen LogP contribution in [-0.4, -0.2) is 15.1 Å². The number of benzene rings is 1. The van der Waals surface area contributed by atoms with E-state index in [1.54, 1.807) is 10.9 Å². The zero-order valence-electron chi connectivity index (χ0n) is 11.5. The molecule has 2 heterocycles. The number of nitrogens with one attached hydrogen (secondary N) is 1. The van der Waals surface area contributed by atoms with Crippen molar-refractivity contribution in [3.05, 3.63) is 46.5 Å². The molecule has 0 radical (unpaired) electrons. The van der Waals surface area contributed by atoms with Gasteiger partial charge in [-0.2, -0.15) is 0 Å². The van der Waals surface area contributed by atoms with Gasteiger partial charge in [-0.25, -0.2) is 4.98 Å². The molecule has 1 N–H and O–H groups in total. The minimum absolute atomic E-state index is 0.0332. The van der Waals surface area contributed by atoms with E-state index in [2.05, 4.69) is 49.3 Å². The number of fused-ring (bicyclic) bond motifs is 1. The Morgan fingerprint density at radius 1 is 1.25 bits per heavy atom. The highest BCUT2D eigenvalue weighted by Crippen LogP contribution is 2.35. The average Bonchev–Trinajstić information content (AvgIpc) is 2.69. The summed E-state index contributed by atoms with van der Waals surface area (Å²) >= 11 is 12.0. The Bertz CT molecular complexity index is 714. The van der Waals surface area contributed by atoms with Crippen LogP contribution < -0.4 is 5.32 Å². The number of nitrogens with zero attached hydrogens (tertiary/aromatic N) is 2. The number of imidazole rings is 1. The van der Waals surface area contributed by atoms with Gasteiger partial charge in [-0.15, -0.1) is 0 Å². The molecule has 0 spiro atoms. The van der Waals surface area contributed by atoms with Gasteiger partial charge in [0.05, 0.1) is 5.54 Å². The van der Waals surface area contributed by atoms with Crippen molar-refractivity contribution in [3.8, 4) is 5.69 Å². The summed E-state index contributed by atoms with van der Waals surface area (Å²) in [5.74, 6) is 0. The van der Waals surface area contributed by atoms with Gasteiger partial charge < -0.3 is 5.32 Å². The predicted molar refractivity (Wildman–Crippen MR) is 84.9 cm³/mol. The summed E-state index contributed by atoms with van der Waals surface area (Å²) in [6, 6.07) is 6.16. The maximum atomic E-state index is 6.15. The van der Waals surface area contributed by atoms with Gasteiger partial charge in [0, 0.05) is 16.9 Å². The van der Waals surface area contributed by atoms with Crippen molar-refractivity contribution in [1.29, 1.82) is 0 Å². The molecule has 2 aromatic rings. The number of hydrogen-bond donors (Lipinski definition) is 1. The first kappa shape index (κ1) is 13.5. The molecule has 104 valence electrons. The molecule has 5 heteroatoms. The summed E-state index contributed by atoms with van der Waals surface area (Å²) < 4.78 is 1.77. The molecule has 1 aliphatic heterocycles. The first-order valence-corrected chi connectivity index (χ1v) is 7.14. The van der Waals surface area contributed by atoms with E-state index in [1.807, 2.05) is 6.07 Å². The Balaban J connectivity index is 2.11. The van der Waals surface area contributed by atoms with E-state index in [0.29, 0.717) is 10.3 Å². The van der Waals surface area contributed by atoms with E-state index in [1.165, 1.54) is 11.1 Å². The first-order valence-electron chi connectivity index (χ1n) is 6.38. The van der Waals surface area contributed by atoms with Crippen LogP contribution in [0.1, 0.15) is 26.3 Å². The number of aromatic nitrogens is 2. The Hall–Kier alpha value is -1.45.